The highest BCUT2D eigenvalue weighted by molar-refractivity contribution is 14.0. The minimum Gasteiger partial charge on any atom is -0.356 e. The highest BCUT2D eigenvalue weighted by atomic mass is 127. The van der Waals surface area contributed by atoms with Gasteiger partial charge in [0.1, 0.15) is 0 Å². The SMILES string of the molecule is CN=C(NCCC(=O)NC1CCCC1)N1CCN(C/C=C/c2ccccc2)CC1.I. The van der Waals surface area contributed by atoms with Crippen molar-refractivity contribution in [2.45, 2.75) is 38.1 Å². The summed E-state index contributed by atoms with van der Waals surface area (Å²) in [4.78, 5) is 21.2. The molecule has 0 spiro atoms. The number of guanidine groups is 1. The predicted molar refractivity (Wildman–Crippen MR) is 135 cm³/mol. The maximum atomic E-state index is 12.1. The third-order valence-electron chi connectivity index (χ3n) is 5.71. The van der Waals surface area contributed by atoms with E-state index in [1.54, 1.807) is 0 Å². The lowest BCUT2D eigenvalue weighted by atomic mass is 10.2. The van der Waals surface area contributed by atoms with Gasteiger partial charge in [0.25, 0.3) is 0 Å². The number of rotatable bonds is 7. The molecule has 1 aromatic rings. The Morgan fingerprint density at radius 1 is 1.13 bits per heavy atom. The number of benzene rings is 1. The number of carbonyl (C=O) groups excluding carboxylic acids is 1. The highest BCUT2D eigenvalue weighted by Gasteiger charge is 2.19. The molecule has 1 aliphatic heterocycles. The molecule has 1 aliphatic carbocycles. The summed E-state index contributed by atoms with van der Waals surface area (Å²) in [7, 11) is 1.82. The van der Waals surface area contributed by atoms with Crippen molar-refractivity contribution < 1.29 is 4.79 Å². The maximum absolute atomic E-state index is 12.1. The molecule has 2 aliphatic rings. The normalized spacial score (nSPS) is 18.4. The van der Waals surface area contributed by atoms with E-state index in [9.17, 15) is 4.79 Å². The molecular formula is C23H36IN5O. The zero-order valence-corrected chi connectivity index (χ0v) is 20.4. The van der Waals surface area contributed by atoms with E-state index in [0.29, 0.717) is 19.0 Å². The van der Waals surface area contributed by atoms with Crippen LogP contribution >= 0.6 is 24.0 Å². The van der Waals surface area contributed by atoms with Crippen LogP contribution in [0.2, 0.25) is 0 Å². The highest BCUT2D eigenvalue weighted by Crippen LogP contribution is 2.17. The van der Waals surface area contributed by atoms with Crippen LogP contribution in [0.4, 0.5) is 0 Å². The molecule has 2 fully saturated rings. The first kappa shape index (κ1) is 24.7. The molecule has 30 heavy (non-hydrogen) atoms. The molecule has 0 bridgehead atoms. The smallest absolute Gasteiger partial charge is 0.221 e. The van der Waals surface area contributed by atoms with Crippen LogP contribution in [0, 0.1) is 0 Å². The van der Waals surface area contributed by atoms with E-state index in [2.05, 4.69) is 61.8 Å². The van der Waals surface area contributed by atoms with Gasteiger partial charge >= 0.3 is 0 Å². The quantitative estimate of drug-likeness (QED) is 0.327. The molecule has 166 valence electrons. The predicted octanol–water partition coefficient (Wildman–Crippen LogP) is 2.96. The van der Waals surface area contributed by atoms with Crippen LogP contribution in [0.15, 0.2) is 41.4 Å². The Hall–Kier alpha value is -1.61. The molecule has 7 heteroatoms. The van der Waals surface area contributed by atoms with E-state index in [-0.39, 0.29) is 29.9 Å². The third kappa shape index (κ3) is 8.26. The lowest BCUT2D eigenvalue weighted by molar-refractivity contribution is -0.121. The molecule has 0 atom stereocenters. The van der Waals surface area contributed by atoms with E-state index in [4.69, 9.17) is 0 Å². The summed E-state index contributed by atoms with van der Waals surface area (Å²) >= 11 is 0. The molecule has 1 aromatic carbocycles. The van der Waals surface area contributed by atoms with Crippen molar-refractivity contribution in [1.82, 2.24) is 20.4 Å². The van der Waals surface area contributed by atoms with Crippen molar-refractivity contribution in [3.05, 3.63) is 42.0 Å². The van der Waals surface area contributed by atoms with E-state index in [0.717, 1.165) is 51.5 Å². The van der Waals surface area contributed by atoms with E-state index in [1.807, 2.05) is 13.1 Å². The van der Waals surface area contributed by atoms with Gasteiger partial charge in [-0.25, -0.2) is 0 Å². The van der Waals surface area contributed by atoms with Crippen LogP contribution in [-0.2, 0) is 4.79 Å². The summed E-state index contributed by atoms with van der Waals surface area (Å²) in [6.45, 7) is 5.53. The number of nitrogens with zero attached hydrogens (tertiary/aromatic N) is 3. The van der Waals surface area contributed by atoms with E-state index >= 15 is 0 Å². The molecular weight excluding hydrogens is 489 g/mol. The van der Waals surface area contributed by atoms with Crippen LogP contribution < -0.4 is 10.6 Å². The third-order valence-corrected chi connectivity index (χ3v) is 5.71. The molecule has 1 saturated carbocycles. The molecule has 0 aromatic heterocycles. The number of hydrogen-bond acceptors (Lipinski definition) is 3. The first-order chi connectivity index (χ1) is 14.2. The Labute approximate surface area is 198 Å². The lowest BCUT2D eigenvalue weighted by Gasteiger charge is -2.36. The minimum atomic E-state index is 0. The van der Waals surface area contributed by atoms with Gasteiger partial charge in [0, 0.05) is 58.8 Å². The van der Waals surface area contributed by atoms with Crippen molar-refractivity contribution in [2.24, 2.45) is 4.99 Å². The van der Waals surface area contributed by atoms with Crippen molar-refractivity contribution in [3.8, 4) is 0 Å². The summed E-state index contributed by atoms with van der Waals surface area (Å²) in [6, 6.07) is 10.8. The fraction of sp³-hybridized carbons (Fsp3) is 0.565. The maximum Gasteiger partial charge on any atom is 0.221 e. The van der Waals surface area contributed by atoms with Crippen LogP contribution in [0.3, 0.4) is 0 Å². The topological polar surface area (TPSA) is 60.0 Å². The molecule has 0 unspecified atom stereocenters. The summed E-state index contributed by atoms with van der Waals surface area (Å²) in [6.07, 6.45) is 9.66. The molecule has 1 heterocycles. The number of nitrogens with one attached hydrogen (secondary N) is 2. The van der Waals surface area contributed by atoms with Crippen LogP contribution in [0.1, 0.15) is 37.7 Å². The van der Waals surface area contributed by atoms with Gasteiger partial charge in [-0.05, 0) is 18.4 Å². The van der Waals surface area contributed by atoms with Gasteiger partial charge in [0.05, 0.1) is 0 Å². The second kappa shape index (κ2) is 13.6. The van der Waals surface area contributed by atoms with Crippen molar-refractivity contribution in [2.75, 3.05) is 46.3 Å². The Bertz CT molecular complexity index is 680. The number of carbonyl (C=O) groups is 1. The van der Waals surface area contributed by atoms with Crippen LogP contribution in [0.25, 0.3) is 6.08 Å². The molecule has 6 nitrogen and oxygen atoms in total. The molecule has 3 rings (SSSR count). The first-order valence-corrected chi connectivity index (χ1v) is 10.9. The Morgan fingerprint density at radius 2 is 1.83 bits per heavy atom. The lowest BCUT2D eigenvalue weighted by Crippen LogP contribution is -2.52. The second-order valence-corrected chi connectivity index (χ2v) is 7.87. The second-order valence-electron chi connectivity index (χ2n) is 7.87. The molecule has 1 amide bonds. The Morgan fingerprint density at radius 3 is 2.50 bits per heavy atom. The van der Waals surface area contributed by atoms with Crippen molar-refractivity contribution in [3.63, 3.8) is 0 Å². The van der Waals surface area contributed by atoms with Crippen LogP contribution in [-0.4, -0.2) is 74.0 Å². The largest absolute Gasteiger partial charge is 0.356 e. The van der Waals surface area contributed by atoms with Crippen LogP contribution in [0.5, 0.6) is 0 Å². The van der Waals surface area contributed by atoms with Gasteiger partial charge in [-0.1, -0.05) is 55.3 Å². The van der Waals surface area contributed by atoms with Crippen molar-refractivity contribution >= 4 is 41.9 Å². The number of halogens is 1. The summed E-state index contributed by atoms with van der Waals surface area (Å²) in [5.41, 5.74) is 1.24. The molecule has 2 N–H and O–H groups in total. The van der Waals surface area contributed by atoms with Crippen molar-refractivity contribution in [1.29, 1.82) is 0 Å². The number of amides is 1. The number of hydrogen-bond donors (Lipinski definition) is 2. The zero-order chi connectivity index (χ0) is 20.3. The number of piperazine rings is 1. The average molecular weight is 525 g/mol. The Balaban J connectivity index is 0.00000320. The molecule has 0 radical (unpaired) electrons. The minimum absolute atomic E-state index is 0. The fourth-order valence-electron chi connectivity index (χ4n) is 4.03. The van der Waals surface area contributed by atoms with E-state index in [1.165, 1.54) is 18.4 Å². The Kier molecular flexibility index (Phi) is 11.2. The van der Waals surface area contributed by atoms with Gasteiger partial charge in [-0.2, -0.15) is 0 Å². The summed E-state index contributed by atoms with van der Waals surface area (Å²) in [5, 5.41) is 6.50. The summed E-state index contributed by atoms with van der Waals surface area (Å²) < 4.78 is 0. The standard InChI is InChI=1S/C23H35N5O.HI/c1-24-23(25-14-13-22(29)26-21-11-5-6-12-21)28-18-16-27(17-19-28)15-7-10-20-8-3-2-4-9-20;/h2-4,7-10,21H,5-6,11-19H2,1H3,(H,24,25)(H,26,29);1H/b10-7+;. The van der Waals surface area contributed by atoms with Gasteiger partial charge in [0.2, 0.25) is 5.91 Å². The average Bonchev–Trinajstić information content (AvgIpc) is 3.26. The summed E-state index contributed by atoms with van der Waals surface area (Å²) in [5.74, 6) is 1.05. The monoisotopic (exact) mass is 525 g/mol. The van der Waals surface area contributed by atoms with Gasteiger partial charge < -0.3 is 15.5 Å². The van der Waals surface area contributed by atoms with Gasteiger partial charge in [0.15, 0.2) is 5.96 Å². The van der Waals surface area contributed by atoms with E-state index < -0.39 is 0 Å². The zero-order valence-electron chi connectivity index (χ0n) is 18.1. The first-order valence-electron chi connectivity index (χ1n) is 10.9. The fourth-order valence-corrected chi connectivity index (χ4v) is 4.03. The molecule has 1 saturated heterocycles. The van der Waals surface area contributed by atoms with Gasteiger partial charge in [-0.3, -0.25) is 14.7 Å². The van der Waals surface area contributed by atoms with Gasteiger partial charge in [-0.15, -0.1) is 24.0 Å². The number of aliphatic imine (C=N–C) groups is 1.